The summed E-state index contributed by atoms with van der Waals surface area (Å²) in [4.78, 5) is 12.7. The van der Waals surface area contributed by atoms with Crippen molar-refractivity contribution in [2.24, 2.45) is 11.8 Å². The van der Waals surface area contributed by atoms with E-state index in [4.69, 9.17) is 0 Å². The van der Waals surface area contributed by atoms with E-state index < -0.39 is 10.0 Å². The number of benzene rings is 1. The van der Waals surface area contributed by atoms with Crippen molar-refractivity contribution in [3.8, 4) is 0 Å². The first-order valence-electron chi connectivity index (χ1n) is 9.67. The Morgan fingerprint density at radius 3 is 2.37 bits per heavy atom. The molecule has 1 aromatic rings. The summed E-state index contributed by atoms with van der Waals surface area (Å²) >= 11 is 0. The molecular formula is C20H34N2O4S. The zero-order valence-corrected chi connectivity index (χ0v) is 18.0. The molecule has 154 valence electrons. The lowest BCUT2D eigenvalue weighted by atomic mass is 9.94. The monoisotopic (exact) mass is 398 g/mol. The third-order valence-corrected chi connectivity index (χ3v) is 6.86. The Bertz CT molecular complexity index is 713. The highest BCUT2D eigenvalue weighted by Gasteiger charge is 2.24. The second kappa shape index (κ2) is 10.8. The molecule has 1 atom stereocenters. The maximum absolute atomic E-state index is 12.8. The molecule has 1 aromatic carbocycles. The van der Waals surface area contributed by atoms with E-state index in [1.165, 1.54) is 10.4 Å². The lowest BCUT2D eigenvalue weighted by molar-refractivity contribution is 0.0941. The summed E-state index contributed by atoms with van der Waals surface area (Å²) in [7, 11) is -3.62. The number of aliphatic hydroxyl groups excluding tert-OH is 1. The van der Waals surface area contributed by atoms with Crippen molar-refractivity contribution < 1.29 is 18.3 Å². The lowest BCUT2D eigenvalue weighted by Gasteiger charge is -2.21. The van der Waals surface area contributed by atoms with Crippen LogP contribution < -0.4 is 5.32 Å². The topological polar surface area (TPSA) is 86.7 Å². The molecule has 0 fully saturated rings. The predicted molar refractivity (Wildman–Crippen MR) is 108 cm³/mol. The molecule has 0 heterocycles. The van der Waals surface area contributed by atoms with E-state index >= 15 is 0 Å². The van der Waals surface area contributed by atoms with Crippen LogP contribution in [0, 0.1) is 18.8 Å². The molecule has 0 bridgehead atoms. The fraction of sp³-hybridized carbons (Fsp3) is 0.650. The van der Waals surface area contributed by atoms with Gasteiger partial charge in [-0.05, 0) is 49.3 Å². The van der Waals surface area contributed by atoms with Crippen LogP contribution in [0.1, 0.15) is 56.5 Å². The van der Waals surface area contributed by atoms with Crippen LogP contribution in [-0.4, -0.2) is 50.0 Å². The van der Waals surface area contributed by atoms with E-state index in [2.05, 4.69) is 19.2 Å². The van der Waals surface area contributed by atoms with Crippen LogP contribution in [0.2, 0.25) is 0 Å². The van der Waals surface area contributed by atoms with Crippen molar-refractivity contribution in [2.45, 2.75) is 52.4 Å². The number of carbonyl (C=O) groups excluding carboxylic acids is 1. The van der Waals surface area contributed by atoms with Gasteiger partial charge in [0.2, 0.25) is 10.0 Å². The van der Waals surface area contributed by atoms with Crippen molar-refractivity contribution in [1.29, 1.82) is 0 Å². The second-order valence-electron chi connectivity index (χ2n) is 7.29. The van der Waals surface area contributed by atoms with Crippen molar-refractivity contribution in [3.05, 3.63) is 29.3 Å². The van der Waals surface area contributed by atoms with Crippen molar-refractivity contribution in [1.82, 2.24) is 9.62 Å². The Morgan fingerprint density at radius 1 is 1.22 bits per heavy atom. The number of sulfonamides is 1. The number of rotatable bonds is 11. The maximum Gasteiger partial charge on any atom is 0.251 e. The molecule has 0 saturated heterocycles. The number of amides is 1. The molecule has 0 saturated carbocycles. The van der Waals surface area contributed by atoms with Gasteiger partial charge in [0.15, 0.2) is 0 Å². The highest BCUT2D eigenvalue weighted by atomic mass is 32.2. The summed E-state index contributed by atoms with van der Waals surface area (Å²) in [6.07, 6.45) is 1.55. The Balaban J connectivity index is 3.00. The number of carbonyl (C=O) groups is 1. The highest BCUT2D eigenvalue weighted by Crippen LogP contribution is 2.21. The van der Waals surface area contributed by atoms with E-state index in [-0.39, 0.29) is 23.3 Å². The van der Waals surface area contributed by atoms with Gasteiger partial charge in [-0.1, -0.05) is 33.8 Å². The van der Waals surface area contributed by atoms with E-state index in [0.29, 0.717) is 43.1 Å². The summed E-state index contributed by atoms with van der Waals surface area (Å²) in [5.74, 6) is 0.379. The molecule has 0 aliphatic heterocycles. The molecule has 1 amide bonds. The quantitative estimate of drug-likeness (QED) is 0.600. The minimum absolute atomic E-state index is 0.0874. The van der Waals surface area contributed by atoms with Crippen LogP contribution in [0.5, 0.6) is 0 Å². The molecule has 0 aliphatic rings. The minimum atomic E-state index is -3.62. The molecule has 1 unspecified atom stereocenters. The number of nitrogens with one attached hydrogen (secondary N) is 1. The van der Waals surface area contributed by atoms with E-state index in [0.717, 1.165) is 6.42 Å². The first-order valence-corrected chi connectivity index (χ1v) is 11.1. The Labute approximate surface area is 164 Å². The Hall–Kier alpha value is -1.44. The summed E-state index contributed by atoms with van der Waals surface area (Å²) in [5, 5.41) is 12.1. The average molecular weight is 399 g/mol. The van der Waals surface area contributed by atoms with Gasteiger partial charge >= 0.3 is 0 Å². The summed E-state index contributed by atoms with van der Waals surface area (Å²) in [5.41, 5.74) is 0.954. The van der Waals surface area contributed by atoms with Gasteiger partial charge in [-0.2, -0.15) is 4.31 Å². The SMILES string of the molecule is CCN(CC)S(=O)(=O)c1cc(C(=O)NCC(CCO)CC(C)C)ccc1C. The molecule has 7 heteroatoms. The van der Waals surface area contributed by atoms with Gasteiger partial charge in [-0.25, -0.2) is 8.42 Å². The van der Waals surface area contributed by atoms with Gasteiger partial charge in [-0.15, -0.1) is 0 Å². The van der Waals surface area contributed by atoms with E-state index in [1.807, 2.05) is 0 Å². The number of aliphatic hydroxyl groups is 1. The zero-order valence-electron chi connectivity index (χ0n) is 17.2. The largest absolute Gasteiger partial charge is 0.396 e. The van der Waals surface area contributed by atoms with E-state index in [9.17, 15) is 18.3 Å². The summed E-state index contributed by atoms with van der Waals surface area (Å²) < 4.78 is 27.0. The minimum Gasteiger partial charge on any atom is -0.396 e. The van der Waals surface area contributed by atoms with Gasteiger partial charge in [0, 0.05) is 31.8 Å². The average Bonchev–Trinajstić information content (AvgIpc) is 2.60. The molecule has 1 rings (SSSR count). The molecule has 0 spiro atoms. The van der Waals surface area contributed by atoms with Gasteiger partial charge in [-0.3, -0.25) is 4.79 Å². The normalized spacial score (nSPS) is 13.2. The van der Waals surface area contributed by atoms with Crippen LogP contribution in [-0.2, 0) is 10.0 Å². The maximum atomic E-state index is 12.8. The van der Waals surface area contributed by atoms with Crippen LogP contribution >= 0.6 is 0 Å². The standard InChI is InChI=1S/C20H34N2O4S/c1-6-22(7-2)27(25,26)19-13-18(9-8-16(19)5)20(24)21-14-17(10-11-23)12-15(3)4/h8-9,13,15,17,23H,6-7,10-12,14H2,1-5H3,(H,21,24). The molecule has 6 nitrogen and oxygen atoms in total. The lowest BCUT2D eigenvalue weighted by Crippen LogP contribution is -2.32. The van der Waals surface area contributed by atoms with Gasteiger partial charge in [0.25, 0.3) is 5.91 Å². The van der Waals surface area contributed by atoms with Crippen molar-refractivity contribution >= 4 is 15.9 Å². The third-order valence-electron chi connectivity index (χ3n) is 4.67. The molecule has 27 heavy (non-hydrogen) atoms. The first kappa shape index (κ1) is 23.6. The summed E-state index contributed by atoms with van der Waals surface area (Å²) in [6.45, 7) is 10.9. The third kappa shape index (κ3) is 6.59. The number of aryl methyl sites for hydroxylation is 1. The Kier molecular flexibility index (Phi) is 9.42. The predicted octanol–water partition coefficient (Wildman–Crippen LogP) is 2.80. The molecule has 0 radical (unpaired) electrons. The fourth-order valence-electron chi connectivity index (χ4n) is 3.21. The summed E-state index contributed by atoms with van der Waals surface area (Å²) in [6, 6.07) is 4.78. The molecule has 0 aliphatic carbocycles. The molecule has 2 N–H and O–H groups in total. The highest BCUT2D eigenvalue weighted by molar-refractivity contribution is 7.89. The van der Waals surface area contributed by atoms with Crippen LogP contribution in [0.25, 0.3) is 0 Å². The van der Waals surface area contributed by atoms with Crippen molar-refractivity contribution in [3.63, 3.8) is 0 Å². The van der Waals surface area contributed by atoms with Crippen molar-refractivity contribution in [2.75, 3.05) is 26.2 Å². The number of nitrogens with zero attached hydrogens (tertiary/aromatic N) is 1. The smallest absolute Gasteiger partial charge is 0.251 e. The van der Waals surface area contributed by atoms with Crippen LogP contribution in [0.15, 0.2) is 23.1 Å². The van der Waals surface area contributed by atoms with Gasteiger partial charge < -0.3 is 10.4 Å². The molecular weight excluding hydrogens is 364 g/mol. The van der Waals surface area contributed by atoms with Gasteiger partial charge in [0.1, 0.15) is 0 Å². The van der Waals surface area contributed by atoms with Crippen LogP contribution in [0.3, 0.4) is 0 Å². The number of hydrogen-bond acceptors (Lipinski definition) is 4. The first-order chi connectivity index (χ1) is 12.7. The second-order valence-corrected chi connectivity index (χ2v) is 9.19. The molecule has 0 aromatic heterocycles. The van der Waals surface area contributed by atoms with Gasteiger partial charge in [0.05, 0.1) is 4.90 Å². The zero-order chi connectivity index (χ0) is 20.6. The Morgan fingerprint density at radius 2 is 1.85 bits per heavy atom. The van der Waals surface area contributed by atoms with Crippen LogP contribution in [0.4, 0.5) is 0 Å². The number of hydrogen-bond donors (Lipinski definition) is 2. The fourth-order valence-corrected chi connectivity index (χ4v) is 4.92. The van der Waals surface area contributed by atoms with E-state index in [1.54, 1.807) is 32.9 Å².